The number of anilines is 1. The maximum Gasteiger partial charge on any atom is 0.263 e. The lowest BCUT2D eigenvalue weighted by molar-refractivity contribution is 0.100. The number of hydrogen-bond donors (Lipinski definition) is 0. The van der Waals surface area contributed by atoms with E-state index >= 15 is 0 Å². The fourth-order valence-electron chi connectivity index (χ4n) is 2.19. The Morgan fingerprint density at radius 1 is 0.833 bits per heavy atom. The van der Waals surface area contributed by atoms with Gasteiger partial charge < -0.3 is 0 Å². The molecule has 0 aliphatic heterocycles. The maximum atomic E-state index is 12.9. The number of halogens is 1. The van der Waals surface area contributed by atoms with Crippen LogP contribution in [-0.2, 0) is 0 Å². The monoisotopic (exact) mass is 334 g/mol. The van der Waals surface area contributed by atoms with Crippen molar-refractivity contribution in [2.75, 3.05) is 4.90 Å². The lowest BCUT2D eigenvalue weighted by Gasteiger charge is -2.18. The van der Waals surface area contributed by atoms with Crippen molar-refractivity contribution in [2.24, 2.45) is 4.99 Å². The Morgan fingerprint density at radius 3 is 2.04 bits per heavy atom. The van der Waals surface area contributed by atoms with Crippen LogP contribution >= 0.6 is 11.6 Å². The first kappa shape index (κ1) is 16.0. The number of nitrogens with zero attached hydrogens (tertiary/aromatic N) is 2. The van der Waals surface area contributed by atoms with Crippen LogP contribution in [0.1, 0.15) is 10.4 Å². The van der Waals surface area contributed by atoms with E-state index in [0.717, 1.165) is 11.4 Å². The summed E-state index contributed by atoms with van der Waals surface area (Å²) in [4.78, 5) is 18.8. The Morgan fingerprint density at radius 2 is 1.42 bits per heavy atom. The van der Waals surface area contributed by atoms with Crippen LogP contribution in [0.4, 0.5) is 11.4 Å². The fourth-order valence-corrected chi connectivity index (χ4v) is 2.32. The highest BCUT2D eigenvalue weighted by molar-refractivity contribution is 6.30. The second-order valence-corrected chi connectivity index (χ2v) is 5.53. The first-order chi connectivity index (χ1) is 11.7. The van der Waals surface area contributed by atoms with Crippen molar-refractivity contribution in [1.29, 1.82) is 0 Å². The summed E-state index contributed by atoms with van der Waals surface area (Å²) in [7, 11) is 0. The van der Waals surface area contributed by atoms with Gasteiger partial charge in [0.25, 0.3) is 5.91 Å². The molecular formula is C20H15ClN2O. The van der Waals surface area contributed by atoms with Crippen LogP contribution in [0.5, 0.6) is 0 Å². The van der Waals surface area contributed by atoms with Gasteiger partial charge in [-0.15, -0.1) is 0 Å². The number of rotatable bonds is 4. The Hall–Kier alpha value is -2.91. The zero-order valence-electron chi connectivity index (χ0n) is 12.8. The van der Waals surface area contributed by atoms with Gasteiger partial charge in [-0.05, 0) is 48.5 Å². The van der Waals surface area contributed by atoms with Crippen LogP contribution in [0, 0.1) is 0 Å². The molecule has 0 fully saturated rings. The van der Waals surface area contributed by atoms with Gasteiger partial charge in [0, 0.05) is 10.6 Å². The molecule has 0 atom stereocenters. The molecule has 0 saturated carbocycles. The zero-order valence-corrected chi connectivity index (χ0v) is 13.6. The predicted molar refractivity (Wildman–Crippen MR) is 99.3 cm³/mol. The number of para-hydroxylation sites is 2. The molecule has 0 bridgehead atoms. The van der Waals surface area contributed by atoms with Gasteiger partial charge in [0.15, 0.2) is 0 Å². The third-order valence-corrected chi connectivity index (χ3v) is 3.67. The average Bonchev–Trinajstić information content (AvgIpc) is 2.64. The Balaban J connectivity index is 1.94. The van der Waals surface area contributed by atoms with E-state index in [0.29, 0.717) is 10.6 Å². The molecule has 0 unspecified atom stereocenters. The average molecular weight is 335 g/mol. The van der Waals surface area contributed by atoms with Crippen LogP contribution < -0.4 is 4.90 Å². The molecule has 0 aliphatic carbocycles. The summed E-state index contributed by atoms with van der Waals surface area (Å²) in [6.07, 6.45) is 1.54. The van der Waals surface area contributed by atoms with Crippen molar-refractivity contribution in [2.45, 2.75) is 0 Å². The summed E-state index contributed by atoms with van der Waals surface area (Å²) in [5.41, 5.74) is 2.07. The van der Waals surface area contributed by atoms with Crippen molar-refractivity contribution in [1.82, 2.24) is 0 Å². The second-order valence-electron chi connectivity index (χ2n) is 5.10. The van der Waals surface area contributed by atoms with E-state index < -0.39 is 0 Å². The molecule has 3 aromatic rings. The topological polar surface area (TPSA) is 32.7 Å². The molecule has 0 aliphatic rings. The second kappa shape index (κ2) is 7.57. The number of hydrogen-bond acceptors (Lipinski definition) is 2. The highest BCUT2D eigenvalue weighted by atomic mass is 35.5. The molecule has 0 heterocycles. The van der Waals surface area contributed by atoms with E-state index in [1.165, 1.54) is 4.90 Å². The van der Waals surface area contributed by atoms with Crippen molar-refractivity contribution in [3.8, 4) is 0 Å². The Labute approximate surface area is 145 Å². The first-order valence-electron chi connectivity index (χ1n) is 7.47. The number of carbonyl (C=O) groups excluding carboxylic acids is 1. The van der Waals surface area contributed by atoms with Gasteiger partial charge in [0.05, 0.1) is 11.4 Å². The van der Waals surface area contributed by atoms with Crippen molar-refractivity contribution >= 4 is 35.2 Å². The van der Waals surface area contributed by atoms with Crippen LogP contribution in [0.3, 0.4) is 0 Å². The molecule has 0 saturated heterocycles. The summed E-state index contributed by atoms with van der Waals surface area (Å²) < 4.78 is 0. The van der Waals surface area contributed by atoms with E-state index in [1.54, 1.807) is 30.6 Å². The van der Waals surface area contributed by atoms with Gasteiger partial charge in [0.1, 0.15) is 6.34 Å². The smallest absolute Gasteiger partial charge is 0.263 e. The van der Waals surface area contributed by atoms with Gasteiger partial charge >= 0.3 is 0 Å². The molecule has 3 rings (SSSR count). The summed E-state index contributed by atoms with van der Waals surface area (Å²) in [5.74, 6) is -0.169. The summed E-state index contributed by atoms with van der Waals surface area (Å²) in [6.45, 7) is 0. The summed E-state index contributed by atoms with van der Waals surface area (Å²) >= 11 is 5.90. The molecule has 0 radical (unpaired) electrons. The van der Waals surface area contributed by atoms with E-state index in [1.807, 2.05) is 60.7 Å². The maximum absolute atomic E-state index is 12.9. The molecule has 0 aromatic heterocycles. The van der Waals surface area contributed by atoms with Crippen LogP contribution in [0.25, 0.3) is 0 Å². The predicted octanol–water partition coefficient (Wildman–Crippen LogP) is 5.35. The quantitative estimate of drug-likeness (QED) is 0.468. The first-order valence-corrected chi connectivity index (χ1v) is 7.85. The fraction of sp³-hybridized carbons (Fsp3) is 0. The van der Waals surface area contributed by atoms with Gasteiger partial charge in [-0.3, -0.25) is 9.69 Å². The van der Waals surface area contributed by atoms with Crippen molar-refractivity contribution < 1.29 is 4.79 Å². The van der Waals surface area contributed by atoms with Gasteiger partial charge in [-0.2, -0.15) is 0 Å². The van der Waals surface area contributed by atoms with Gasteiger partial charge in [-0.1, -0.05) is 48.0 Å². The van der Waals surface area contributed by atoms with Gasteiger partial charge in [-0.25, -0.2) is 4.99 Å². The van der Waals surface area contributed by atoms with E-state index in [-0.39, 0.29) is 5.91 Å². The number of aliphatic imine (C=N–C) groups is 1. The lowest BCUT2D eigenvalue weighted by atomic mass is 10.2. The zero-order chi connectivity index (χ0) is 16.8. The minimum atomic E-state index is -0.169. The lowest BCUT2D eigenvalue weighted by Crippen LogP contribution is -2.29. The van der Waals surface area contributed by atoms with Crippen molar-refractivity contribution in [3.63, 3.8) is 0 Å². The molecule has 0 N–H and O–H groups in total. The molecule has 4 heteroatoms. The third kappa shape index (κ3) is 3.89. The Bertz CT molecular complexity index is 831. The third-order valence-electron chi connectivity index (χ3n) is 3.42. The normalized spacial score (nSPS) is 10.7. The van der Waals surface area contributed by atoms with Crippen LogP contribution in [0.2, 0.25) is 5.02 Å². The molecule has 3 aromatic carbocycles. The summed E-state index contributed by atoms with van der Waals surface area (Å²) in [5, 5.41) is 0.593. The highest BCUT2D eigenvalue weighted by Crippen LogP contribution is 2.18. The minimum absolute atomic E-state index is 0.169. The molecular weight excluding hydrogens is 320 g/mol. The molecule has 1 amide bonds. The van der Waals surface area contributed by atoms with E-state index in [4.69, 9.17) is 11.6 Å². The van der Waals surface area contributed by atoms with Crippen LogP contribution in [0.15, 0.2) is 89.9 Å². The van der Waals surface area contributed by atoms with Crippen LogP contribution in [-0.4, -0.2) is 12.2 Å². The minimum Gasteiger partial charge on any atom is -0.268 e. The largest absolute Gasteiger partial charge is 0.268 e. The summed E-state index contributed by atoms with van der Waals surface area (Å²) in [6, 6.07) is 25.7. The molecule has 118 valence electrons. The molecule has 0 spiro atoms. The number of carbonyl (C=O) groups is 1. The standard InChI is InChI=1S/C20H15ClN2O/c21-17-13-11-16(12-14-17)20(24)23(19-9-5-2-6-10-19)15-22-18-7-3-1-4-8-18/h1-15H. The highest BCUT2D eigenvalue weighted by Gasteiger charge is 2.15. The van der Waals surface area contributed by atoms with Gasteiger partial charge in [0.2, 0.25) is 0 Å². The van der Waals surface area contributed by atoms with Crippen molar-refractivity contribution in [3.05, 3.63) is 95.5 Å². The molecule has 3 nitrogen and oxygen atoms in total. The van der Waals surface area contributed by atoms with E-state index in [9.17, 15) is 4.79 Å². The number of amides is 1. The van der Waals surface area contributed by atoms with E-state index in [2.05, 4.69) is 4.99 Å². The SMILES string of the molecule is O=C(c1ccc(Cl)cc1)N(C=Nc1ccccc1)c1ccccc1. The number of benzene rings is 3. The molecule has 24 heavy (non-hydrogen) atoms. The Kier molecular flexibility index (Phi) is 5.04.